The Bertz CT molecular complexity index is 1890. The molecule has 338 valence electrons. The maximum atomic E-state index is 14.0. The van der Waals surface area contributed by atoms with Crippen molar-refractivity contribution in [3.8, 4) is 0 Å². The minimum Gasteiger partial charge on any atom is -0.773 e. The van der Waals surface area contributed by atoms with Gasteiger partial charge in [0.15, 0.2) is 0 Å². The molecule has 28 heteroatoms. The third-order valence-corrected chi connectivity index (χ3v) is 9.57. The number of primary amides is 2. The molecule has 1 unspecified atom stereocenters. The number of carbonyl (C=O) groups is 11. The number of nitrogens with two attached hydrogens (primary N) is 2. The summed E-state index contributed by atoms with van der Waals surface area (Å²) in [4.78, 5) is 158. The van der Waals surface area contributed by atoms with E-state index in [4.69, 9.17) is 16.4 Å². The second kappa shape index (κ2) is 30.9. The molecule has 24 nitrogen and oxygen atoms in total. The number of aliphatic carboxylic acids is 2. The predicted molar refractivity (Wildman–Crippen MR) is 203 cm³/mol. The Kier molecular flexibility index (Phi) is 31.3. The van der Waals surface area contributed by atoms with Gasteiger partial charge in [-0.2, -0.15) is 0 Å². The van der Waals surface area contributed by atoms with Gasteiger partial charge in [-0.3, -0.25) is 43.2 Å². The number of hydrogen-bond acceptors (Lipinski definition) is 15. The fraction of sp³-hybridized carbons (Fsp3) is 0.528. The average molecular weight is 951 g/mol. The fourth-order valence-corrected chi connectivity index (χ4v) is 6.03. The molecule has 0 aliphatic carbocycles. The van der Waals surface area contributed by atoms with Crippen LogP contribution >= 0.6 is 7.60 Å². The van der Waals surface area contributed by atoms with E-state index in [0.717, 1.165) is 19.1 Å². The molecular formula is C36H50N8Na3O16P. The fourth-order valence-electron chi connectivity index (χ4n) is 5.55. The van der Waals surface area contributed by atoms with Crippen molar-refractivity contribution in [1.82, 2.24) is 31.9 Å². The Morgan fingerprint density at radius 3 is 1.48 bits per heavy atom. The summed E-state index contributed by atoms with van der Waals surface area (Å²) >= 11 is 0. The summed E-state index contributed by atoms with van der Waals surface area (Å²) in [5, 5.41) is 36.4. The molecule has 64 heavy (non-hydrogen) atoms. The number of carboxylic acid groups (broad SMARTS) is 2. The van der Waals surface area contributed by atoms with Crippen molar-refractivity contribution in [2.45, 2.75) is 109 Å². The zero-order chi connectivity index (χ0) is 46.9. The van der Waals surface area contributed by atoms with Crippen molar-refractivity contribution in [2.75, 3.05) is 0 Å². The van der Waals surface area contributed by atoms with Crippen molar-refractivity contribution in [3.63, 3.8) is 0 Å². The van der Waals surface area contributed by atoms with Gasteiger partial charge >= 0.3 is 88.7 Å². The van der Waals surface area contributed by atoms with Crippen molar-refractivity contribution in [2.24, 2.45) is 23.3 Å². The summed E-state index contributed by atoms with van der Waals surface area (Å²) in [6.07, 6.45) is -3.30. The summed E-state index contributed by atoms with van der Waals surface area (Å²) in [5.74, 6) is -13.4. The van der Waals surface area contributed by atoms with Gasteiger partial charge in [0.05, 0.1) is 6.42 Å². The normalized spacial score (nSPS) is 14.7. The number of carboxylic acids is 2. The average Bonchev–Trinajstić information content (AvgIpc) is 3.13. The Morgan fingerprint density at radius 1 is 0.641 bits per heavy atom. The Balaban J connectivity index is -0.0000124. The Hall–Kier alpha value is -3.26. The summed E-state index contributed by atoms with van der Waals surface area (Å²) in [7, 11) is -5.42. The van der Waals surface area contributed by atoms with E-state index in [1.807, 2.05) is 0 Å². The van der Waals surface area contributed by atoms with Gasteiger partial charge in [-0.25, -0.2) is 0 Å². The first-order chi connectivity index (χ1) is 28.2. The van der Waals surface area contributed by atoms with Crippen LogP contribution in [0.4, 0.5) is 0 Å². The maximum Gasteiger partial charge on any atom is 1.00 e. The van der Waals surface area contributed by atoms with Gasteiger partial charge in [-0.05, 0) is 23.8 Å². The largest absolute Gasteiger partial charge is 1.00 e. The van der Waals surface area contributed by atoms with E-state index < -0.39 is 146 Å². The van der Waals surface area contributed by atoms with Crippen LogP contribution < -0.4 is 147 Å². The number of rotatable bonds is 26. The monoisotopic (exact) mass is 950 g/mol. The van der Waals surface area contributed by atoms with Gasteiger partial charge in [0, 0.05) is 43.7 Å². The van der Waals surface area contributed by atoms with Gasteiger partial charge < -0.3 is 77.5 Å². The molecule has 0 saturated carbocycles. The molecule has 0 aliphatic rings. The first-order valence-corrected chi connectivity index (χ1v) is 20.2. The maximum absolute atomic E-state index is 14.0. The molecule has 0 bridgehead atoms. The van der Waals surface area contributed by atoms with Crippen molar-refractivity contribution in [3.05, 3.63) is 35.4 Å². The SMILES string of the molecule is CC[C@H](C)[C@H](NC(=O)[C@H](Cc1ccc(C(=O)P(=O)([O-])O)cc1)NC(=O)[C@H](CC(N)=O)NC(C)=O)C(=O)N[C@@H](CC(=O)[O-])C(=O)N[C@@H](CC(C)C)C(=O)N[C@@H](CC(=O)[O-])C(N)=O.[Na+].[Na+].[Na+]. The first-order valence-electron chi connectivity index (χ1n) is 18.6. The van der Waals surface area contributed by atoms with Crippen LogP contribution in [0.25, 0.3) is 0 Å². The van der Waals surface area contributed by atoms with E-state index in [-0.39, 0.29) is 113 Å². The molecule has 8 amide bonds. The van der Waals surface area contributed by atoms with Crippen LogP contribution in [-0.2, 0) is 58.9 Å². The van der Waals surface area contributed by atoms with E-state index in [0.29, 0.717) is 0 Å². The van der Waals surface area contributed by atoms with Gasteiger partial charge in [0.1, 0.15) is 36.3 Å². The standard InChI is InChI=1S/C36H53N8O16P.3Na/c1-6-17(4)29(35(56)43-25(15-28(49)50)33(54)41-22(11-16(2)3)31(52)40-21(30(38)51)14-27(47)48)44-34(55)23(42-32(53)24(13-26(37)46)39-18(5)45)12-19-7-9-20(10-8-19)36(57)61(58,59)60;;;/h7-10,16-17,21-25,29H,6,11-15H2,1-5H3,(H2,37,46)(H2,38,51)(H,39,45)(H,40,52)(H,41,54)(H,42,53)(H,43,56)(H,44,55)(H,47,48)(H,49,50)(H2,58,59,60);;;/q;3*+1/p-3/t17-,21-,22-,23-,24-,25-,29-;;;/m0.../s1. The van der Waals surface area contributed by atoms with Gasteiger partial charge in [0.25, 0.3) is 0 Å². The van der Waals surface area contributed by atoms with Gasteiger partial charge in [-0.1, -0.05) is 58.4 Å². The predicted octanol–water partition coefficient (Wildman–Crippen LogP) is -15.4. The van der Waals surface area contributed by atoms with Crippen molar-refractivity contribution < 1.29 is 166 Å². The van der Waals surface area contributed by atoms with E-state index in [2.05, 4.69) is 31.9 Å². The molecular weight excluding hydrogens is 900 g/mol. The van der Waals surface area contributed by atoms with Crippen LogP contribution in [-0.4, -0.2) is 106 Å². The molecule has 1 aromatic carbocycles. The summed E-state index contributed by atoms with van der Waals surface area (Å²) in [5.41, 5.74) is 8.51. The Labute approximate surface area is 434 Å². The van der Waals surface area contributed by atoms with Crippen molar-refractivity contribution in [1.29, 1.82) is 0 Å². The molecule has 0 saturated heterocycles. The molecule has 0 aromatic heterocycles. The zero-order valence-electron chi connectivity index (χ0n) is 36.8. The Morgan fingerprint density at radius 2 is 1.06 bits per heavy atom. The number of benzene rings is 1. The van der Waals surface area contributed by atoms with Crippen LogP contribution in [0.15, 0.2) is 24.3 Å². The molecule has 1 rings (SSSR count). The van der Waals surface area contributed by atoms with E-state index >= 15 is 0 Å². The second-order valence-corrected chi connectivity index (χ2v) is 15.9. The molecule has 0 radical (unpaired) electrons. The smallest absolute Gasteiger partial charge is 0.773 e. The van der Waals surface area contributed by atoms with E-state index in [1.165, 1.54) is 19.1 Å². The van der Waals surface area contributed by atoms with Crippen LogP contribution in [0.3, 0.4) is 0 Å². The third-order valence-electron chi connectivity index (χ3n) is 8.80. The van der Waals surface area contributed by atoms with Gasteiger partial charge in [0.2, 0.25) is 60.4 Å². The van der Waals surface area contributed by atoms with Crippen LogP contribution in [0.1, 0.15) is 82.6 Å². The molecule has 11 N–H and O–H groups in total. The molecule has 0 heterocycles. The molecule has 8 atom stereocenters. The molecule has 0 fully saturated rings. The number of carbonyl (C=O) groups excluding carboxylic acids is 11. The molecule has 0 spiro atoms. The van der Waals surface area contributed by atoms with Crippen LogP contribution in [0.2, 0.25) is 0 Å². The molecule has 0 aliphatic heterocycles. The summed E-state index contributed by atoms with van der Waals surface area (Å²) < 4.78 is 11.3. The minimum atomic E-state index is -5.42. The number of hydrogen-bond donors (Lipinski definition) is 9. The summed E-state index contributed by atoms with van der Waals surface area (Å²) in [6.45, 7) is 7.39. The van der Waals surface area contributed by atoms with E-state index in [1.54, 1.807) is 20.8 Å². The van der Waals surface area contributed by atoms with Gasteiger partial charge in [-0.15, -0.1) is 0 Å². The topological polar surface area (TPSA) is 418 Å². The third kappa shape index (κ3) is 23.8. The number of amides is 8. The van der Waals surface area contributed by atoms with E-state index in [9.17, 15) is 72.4 Å². The van der Waals surface area contributed by atoms with Crippen LogP contribution in [0, 0.1) is 11.8 Å². The summed E-state index contributed by atoms with van der Waals surface area (Å²) in [6, 6.07) is -5.72. The first kappa shape index (κ1) is 65.0. The van der Waals surface area contributed by atoms with Crippen molar-refractivity contribution >= 4 is 72.3 Å². The number of nitrogens with one attached hydrogen (secondary N) is 6. The quantitative estimate of drug-likeness (QED) is 0.0308. The van der Waals surface area contributed by atoms with Crippen LogP contribution in [0.5, 0.6) is 0 Å². The molecule has 1 aromatic rings. The second-order valence-electron chi connectivity index (χ2n) is 14.5. The minimum absolute atomic E-state index is 0. The zero-order valence-corrected chi connectivity index (χ0v) is 43.7.